The average molecular weight is 352 g/mol. The van der Waals surface area contributed by atoms with Gasteiger partial charge in [-0.05, 0) is 28.3 Å². The average Bonchev–Trinajstić information content (AvgIpc) is 2.17. The standard InChI is InChI=1S/C11H17IN2OS/c1-5-16-6-7-13-9(11(2,3)4)8(12)10(15)14-7/h5-6H2,1-4H3,(H,13,14,15). The third kappa shape index (κ3) is 3.48. The Morgan fingerprint density at radius 1 is 1.44 bits per heavy atom. The maximum absolute atomic E-state index is 11.8. The number of rotatable bonds is 3. The molecule has 0 unspecified atom stereocenters. The van der Waals surface area contributed by atoms with E-state index in [0.29, 0.717) is 3.57 Å². The molecule has 0 aliphatic heterocycles. The first-order chi connectivity index (χ1) is 7.36. The first-order valence-corrected chi connectivity index (χ1v) is 7.46. The zero-order chi connectivity index (χ0) is 12.3. The number of aromatic amines is 1. The van der Waals surface area contributed by atoms with Crippen molar-refractivity contribution in [2.75, 3.05) is 5.75 Å². The van der Waals surface area contributed by atoms with E-state index in [4.69, 9.17) is 0 Å². The lowest BCUT2D eigenvalue weighted by Crippen LogP contribution is -2.25. The summed E-state index contributed by atoms with van der Waals surface area (Å²) in [4.78, 5) is 19.1. The van der Waals surface area contributed by atoms with Crippen LogP contribution in [-0.2, 0) is 11.2 Å². The van der Waals surface area contributed by atoms with Crippen molar-refractivity contribution < 1.29 is 0 Å². The van der Waals surface area contributed by atoms with Gasteiger partial charge in [0.2, 0.25) is 0 Å². The number of nitrogens with one attached hydrogen (secondary N) is 1. The predicted octanol–water partition coefficient (Wildman–Crippen LogP) is 2.93. The van der Waals surface area contributed by atoms with Gasteiger partial charge in [-0.3, -0.25) is 4.79 Å². The van der Waals surface area contributed by atoms with Gasteiger partial charge >= 0.3 is 0 Å². The quantitative estimate of drug-likeness (QED) is 0.851. The lowest BCUT2D eigenvalue weighted by atomic mass is 9.92. The van der Waals surface area contributed by atoms with Crippen LogP contribution in [0, 0.1) is 3.57 Å². The monoisotopic (exact) mass is 352 g/mol. The predicted molar refractivity (Wildman–Crippen MR) is 78.1 cm³/mol. The summed E-state index contributed by atoms with van der Waals surface area (Å²) in [5.74, 6) is 2.58. The summed E-state index contributed by atoms with van der Waals surface area (Å²) in [7, 11) is 0. The lowest BCUT2D eigenvalue weighted by molar-refractivity contribution is 0.557. The molecular formula is C11H17IN2OS. The molecule has 0 atom stereocenters. The second kappa shape index (κ2) is 5.53. The highest BCUT2D eigenvalue weighted by Crippen LogP contribution is 2.23. The van der Waals surface area contributed by atoms with E-state index in [1.165, 1.54) is 0 Å². The normalized spacial score (nSPS) is 11.8. The van der Waals surface area contributed by atoms with E-state index >= 15 is 0 Å². The van der Waals surface area contributed by atoms with E-state index in [1.807, 2.05) is 0 Å². The van der Waals surface area contributed by atoms with Gasteiger partial charge in [0.15, 0.2) is 0 Å². The van der Waals surface area contributed by atoms with Crippen molar-refractivity contribution in [3.05, 3.63) is 25.4 Å². The van der Waals surface area contributed by atoms with E-state index in [1.54, 1.807) is 11.8 Å². The van der Waals surface area contributed by atoms with Crippen LogP contribution in [0.25, 0.3) is 0 Å². The van der Waals surface area contributed by atoms with Crippen LogP contribution < -0.4 is 5.56 Å². The van der Waals surface area contributed by atoms with E-state index in [0.717, 1.165) is 23.0 Å². The fourth-order valence-corrected chi connectivity index (χ4v) is 2.87. The summed E-state index contributed by atoms with van der Waals surface area (Å²) >= 11 is 3.83. The van der Waals surface area contributed by atoms with Crippen LogP contribution in [0.15, 0.2) is 4.79 Å². The van der Waals surface area contributed by atoms with Gasteiger partial charge in [0.25, 0.3) is 5.56 Å². The summed E-state index contributed by atoms with van der Waals surface area (Å²) in [5, 5.41) is 0. The molecule has 1 N–H and O–H groups in total. The Labute approximate surface area is 114 Å². The van der Waals surface area contributed by atoms with Crippen LogP contribution in [0.5, 0.6) is 0 Å². The van der Waals surface area contributed by atoms with E-state index < -0.39 is 0 Å². The van der Waals surface area contributed by atoms with Gasteiger partial charge in [-0.15, -0.1) is 0 Å². The van der Waals surface area contributed by atoms with Crippen LogP contribution in [0.2, 0.25) is 0 Å². The maximum atomic E-state index is 11.8. The Hall–Kier alpha value is -0.0400. The number of nitrogens with zero attached hydrogens (tertiary/aromatic N) is 1. The second-order valence-corrected chi connectivity index (χ2v) is 6.92. The molecule has 5 heteroatoms. The van der Waals surface area contributed by atoms with Crippen molar-refractivity contribution in [1.29, 1.82) is 0 Å². The summed E-state index contributed by atoms with van der Waals surface area (Å²) in [6, 6.07) is 0. The van der Waals surface area contributed by atoms with E-state index in [-0.39, 0.29) is 11.0 Å². The maximum Gasteiger partial charge on any atom is 0.264 e. The molecule has 0 amide bonds. The molecule has 3 nitrogen and oxygen atoms in total. The minimum absolute atomic E-state index is 0.0211. The number of hydrogen-bond acceptors (Lipinski definition) is 3. The zero-order valence-electron chi connectivity index (χ0n) is 10.1. The fourth-order valence-electron chi connectivity index (χ4n) is 1.27. The summed E-state index contributed by atoms with van der Waals surface area (Å²) < 4.78 is 0.704. The Bertz CT molecular complexity index is 423. The Balaban J connectivity index is 3.18. The largest absolute Gasteiger partial charge is 0.309 e. The Kier molecular flexibility index (Phi) is 4.85. The smallest absolute Gasteiger partial charge is 0.264 e. The SMILES string of the molecule is CCSCc1nc(C(C)(C)C)c(I)c(=O)[nH]1. The van der Waals surface area contributed by atoms with Gasteiger partial charge in [-0.2, -0.15) is 11.8 Å². The molecule has 16 heavy (non-hydrogen) atoms. The van der Waals surface area contributed by atoms with Gasteiger partial charge in [0.1, 0.15) is 9.39 Å². The van der Waals surface area contributed by atoms with Gasteiger partial charge in [-0.1, -0.05) is 27.7 Å². The molecule has 0 aliphatic carbocycles. The molecule has 0 bridgehead atoms. The number of hydrogen-bond donors (Lipinski definition) is 1. The van der Waals surface area contributed by atoms with Crippen molar-refractivity contribution in [1.82, 2.24) is 9.97 Å². The number of aromatic nitrogens is 2. The van der Waals surface area contributed by atoms with Crippen molar-refractivity contribution in [3.63, 3.8) is 0 Å². The lowest BCUT2D eigenvalue weighted by Gasteiger charge is -2.19. The summed E-state index contributed by atoms with van der Waals surface area (Å²) in [5.41, 5.74) is 0.784. The van der Waals surface area contributed by atoms with Gasteiger partial charge < -0.3 is 4.98 Å². The fraction of sp³-hybridized carbons (Fsp3) is 0.636. The molecule has 90 valence electrons. The minimum Gasteiger partial charge on any atom is -0.309 e. The molecule has 1 aromatic rings. The van der Waals surface area contributed by atoms with Crippen molar-refractivity contribution in [2.24, 2.45) is 0 Å². The van der Waals surface area contributed by atoms with E-state index in [9.17, 15) is 4.79 Å². The molecule has 1 heterocycles. The molecule has 0 spiro atoms. The third-order valence-corrected chi connectivity index (χ3v) is 3.95. The Morgan fingerprint density at radius 2 is 2.06 bits per heavy atom. The van der Waals surface area contributed by atoms with Crippen molar-refractivity contribution >= 4 is 34.4 Å². The molecule has 0 fully saturated rings. The topological polar surface area (TPSA) is 45.8 Å². The number of H-pyrrole nitrogens is 1. The van der Waals surface area contributed by atoms with Crippen LogP contribution >= 0.6 is 34.4 Å². The highest BCUT2D eigenvalue weighted by atomic mass is 127. The molecular weight excluding hydrogens is 335 g/mol. The number of halogens is 1. The Morgan fingerprint density at radius 3 is 2.56 bits per heavy atom. The van der Waals surface area contributed by atoms with Gasteiger partial charge in [0.05, 0.1) is 11.4 Å². The number of thioether (sulfide) groups is 1. The molecule has 1 rings (SSSR count). The van der Waals surface area contributed by atoms with Gasteiger partial charge in [-0.25, -0.2) is 4.98 Å². The third-order valence-electron chi connectivity index (χ3n) is 2.07. The van der Waals surface area contributed by atoms with Crippen LogP contribution in [-0.4, -0.2) is 15.7 Å². The van der Waals surface area contributed by atoms with Gasteiger partial charge in [0, 0.05) is 5.41 Å². The second-order valence-electron chi connectivity index (χ2n) is 4.56. The highest BCUT2D eigenvalue weighted by Gasteiger charge is 2.21. The molecule has 0 saturated heterocycles. The summed E-state index contributed by atoms with van der Waals surface area (Å²) in [6.07, 6.45) is 0. The summed E-state index contributed by atoms with van der Waals surface area (Å²) in [6.45, 7) is 8.33. The highest BCUT2D eigenvalue weighted by molar-refractivity contribution is 14.1. The molecule has 0 radical (unpaired) electrons. The van der Waals surface area contributed by atoms with E-state index in [2.05, 4.69) is 60.3 Å². The molecule has 0 saturated carbocycles. The molecule has 0 aliphatic rings. The molecule has 1 aromatic heterocycles. The van der Waals surface area contributed by atoms with Crippen LogP contribution in [0.3, 0.4) is 0 Å². The first-order valence-electron chi connectivity index (χ1n) is 5.23. The van der Waals surface area contributed by atoms with Crippen LogP contribution in [0.4, 0.5) is 0 Å². The van der Waals surface area contributed by atoms with Crippen LogP contribution in [0.1, 0.15) is 39.2 Å². The van der Waals surface area contributed by atoms with Crippen molar-refractivity contribution in [2.45, 2.75) is 38.9 Å². The minimum atomic E-state index is -0.0869. The molecule has 0 aromatic carbocycles. The first kappa shape index (κ1) is 14.0. The van der Waals surface area contributed by atoms with Crippen molar-refractivity contribution in [3.8, 4) is 0 Å². The zero-order valence-corrected chi connectivity index (χ0v) is 13.0.